The van der Waals surface area contributed by atoms with Crippen molar-refractivity contribution in [3.8, 4) is 16.9 Å². The zero-order chi connectivity index (χ0) is 31.9. The monoisotopic (exact) mass is 607 g/mol. The molecule has 5 heteroatoms. The van der Waals surface area contributed by atoms with Gasteiger partial charge in [-0.15, -0.1) is 0 Å². The van der Waals surface area contributed by atoms with Crippen molar-refractivity contribution >= 4 is 23.5 Å². The Morgan fingerprint density at radius 1 is 0.804 bits per heavy atom. The summed E-state index contributed by atoms with van der Waals surface area (Å²) in [6, 6.07) is 38.8. The number of esters is 1. The standard InChI is InChI=1S/C41H37NO4/c1-3-28(23-30-19-22-36-33(24-30)26-32-13-7-8-14-35(32)36)27-46-34-20-17-29(18-21-34)25-39(41(44)45-2)42-38-16-10-9-15-37(38)40(43)31-11-5-4-6-12-31/h4-24,39,42H,3,25-27H2,1-2H3/b28-23+. The average molecular weight is 608 g/mol. The lowest BCUT2D eigenvalue weighted by molar-refractivity contribution is -0.141. The summed E-state index contributed by atoms with van der Waals surface area (Å²) in [5, 5.41) is 3.27. The Balaban J connectivity index is 1.10. The molecule has 230 valence electrons. The van der Waals surface area contributed by atoms with Crippen molar-refractivity contribution in [2.75, 3.05) is 19.0 Å². The van der Waals surface area contributed by atoms with Crippen molar-refractivity contribution in [1.29, 1.82) is 0 Å². The number of nitrogens with one attached hydrogen (secondary N) is 1. The first-order valence-electron chi connectivity index (χ1n) is 15.7. The topological polar surface area (TPSA) is 64.6 Å². The van der Waals surface area contributed by atoms with E-state index in [1.165, 1.54) is 40.5 Å². The van der Waals surface area contributed by atoms with Gasteiger partial charge in [-0.05, 0) is 76.1 Å². The van der Waals surface area contributed by atoms with Gasteiger partial charge in [-0.2, -0.15) is 0 Å². The number of methoxy groups -OCH3 is 1. The van der Waals surface area contributed by atoms with Gasteiger partial charge in [0.2, 0.25) is 0 Å². The average Bonchev–Trinajstić information content (AvgIpc) is 3.48. The molecule has 0 amide bonds. The van der Waals surface area contributed by atoms with Crippen molar-refractivity contribution in [3.05, 3.63) is 160 Å². The van der Waals surface area contributed by atoms with E-state index in [4.69, 9.17) is 9.47 Å². The second kappa shape index (κ2) is 14.1. The lowest BCUT2D eigenvalue weighted by atomic mass is 10.00. The van der Waals surface area contributed by atoms with Crippen LogP contribution in [0.4, 0.5) is 5.69 Å². The summed E-state index contributed by atoms with van der Waals surface area (Å²) in [6.07, 6.45) is 4.46. The minimum Gasteiger partial charge on any atom is -0.489 e. The molecule has 0 aromatic heterocycles. The molecular formula is C41H37NO4. The van der Waals surface area contributed by atoms with Crippen LogP contribution >= 0.6 is 0 Å². The Bertz CT molecular complexity index is 1880. The Kier molecular flexibility index (Phi) is 9.40. The smallest absolute Gasteiger partial charge is 0.328 e. The maximum Gasteiger partial charge on any atom is 0.328 e. The van der Waals surface area contributed by atoms with Gasteiger partial charge in [0.15, 0.2) is 5.78 Å². The van der Waals surface area contributed by atoms with Crippen LogP contribution in [0, 0.1) is 0 Å². The van der Waals surface area contributed by atoms with Crippen molar-refractivity contribution in [1.82, 2.24) is 0 Å². The minimum atomic E-state index is -0.684. The molecule has 0 fully saturated rings. The third-order valence-electron chi connectivity index (χ3n) is 8.45. The molecule has 0 radical (unpaired) electrons. The summed E-state index contributed by atoms with van der Waals surface area (Å²) < 4.78 is 11.3. The number of ether oxygens (including phenoxy) is 2. The number of ketones is 1. The number of carbonyl (C=O) groups is 2. The van der Waals surface area contributed by atoms with Gasteiger partial charge >= 0.3 is 5.97 Å². The minimum absolute atomic E-state index is 0.115. The number of benzene rings is 5. The first kappa shape index (κ1) is 30.6. The number of carbonyl (C=O) groups excluding carboxylic acids is 2. The molecule has 1 unspecified atom stereocenters. The number of para-hydroxylation sites is 1. The first-order valence-corrected chi connectivity index (χ1v) is 15.7. The van der Waals surface area contributed by atoms with E-state index in [0.29, 0.717) is 29.8 Å². The molecule has 6 rings (SSSR count). The molecule has 1 aliphatic rings. The molecule has 46 heavy (non-hydrogen) atoms. The van der Waals surface area contributed by atoms with E-state index >= 15 is 0 Å². The van der Waals surface area contributed by atoms with E-state index in [0.717, 1.165) is 24.2 Å². The lowest BCUT2D eigenvalue weighted by Gasteiger charge is -2.20. The second-order valence-electron chi connectivity index (χ2n) is 11.5. The van der Waals surface area contributed by atoms with Crippen LogP contribution in [0.2, 0.25) is 0 Å². The van der Waals surface area contributed by atoms with Crippen LogP contribution in [0.1, 0.15) is 51.5 Å². The number of hydrogen-bond donors (Lipinski definition) is 1. The number of anilines is 1. The first-order chi connectivity index (χ1) is 22.5. The molecule has 5 aromatic rings. The van der Waals surface area contributed by atoms with E-state index in [9.17, 15) is 9.59 Å². The van der Waals surface area contributed by atoms with Crippen molar-refractivity contribution in [2.45, 2.75) is 32.2 Å². The predicted octanol–water partition coefficient (Wildman–Crippen LogP) is 8.56. The van der Waals surface area contributed by atoms with E-state index < -0.39 is 12.0 Å². The van der Waals surface area contributed by atoms with Crippen LogP contribution in [0.25, 0.3) is 17.2 Å². The fourth-order valence-corrected chi connectivity index (χ4v) is 5.95. The number of hydrogen-bond acceptors (Lipinski definition) is 5. The van der Waals surface area contributed by atoms with Crippen molar-refractivity contribution in [2.24, 2.45) is 0 Å². The Labute approximate surface area is 270 Å². The Morgan fingerprint density at radius 3 is 2.30 bits per heavy atom. The van der Waals surface area contributed by atoms with E-state index in [2.05, 4.69) is 60.8 Å². The second-order valence-corrected chi connectivity index (χ2v) is 11.5. The van der Waals surface area contributed by atoms with Gasteiger partial charge in [-0.1, -0.05) is 110 Å². The van der Waals surface area contributed by atoms with Crippen molar-refractivity contribution < 1.29 is 19.1 Å². The molecule has 0 spiro atoms. The molecule has 1 atom stereocenters. The molecule has 0 saturated carbocycles. The molecule has 1 N–H and O–H groups in total. The third kappa shape index (κ3) is 6.94. The van der Waals surface area contributed by atoms with Crippen LogP contribution in [0.15, 0.2) is 127 Å². The quantitative estimate of drug-likeness (QED) is 0.112. The van der Waals surface area contributed by atoms with Gasteiger partial charge in [0.25, 0.3) is 0 Å². The van der Waals surface area contributed by atoms with Gasteiger partial charge in [0.05, 0.1) is 7.11 Å². The van der Waals surface area contributed by atoms with Crippen LogP contribution in [0.5, 0.6) is 5.75 Å². The van der Waals surface area contributed by atoms with E-state index in [-0.39, 0.29) is 5.78 Å². The SMILES string of the molecule is CC/C(=C\c1ccc2c(c1)Cc1ccccc1-2)COc1ccc(CC(Nc2ccccc2C(=O)c2ccccc2)C(=O)OC)cc1. The summed E-state index contributed by atoms with van der Waals surface area (Å²) >= 11 is 0. The fourth-order valence-electron chi connectivity index (χ4n) is 5.95. The highest BCUT2D eigenvalue weighted by atomic mass is 16.5. The van der Waals surface area contributed by atoms with E-state index in [1.54, 1.807) is 18.2 Å². The summed E-state index contributed by atoms with van der Waals surface area (Å²) in [5.74, 6) is 0.236. The van der Waals surface area contributed by atoms with Gasteiger partial charge < -0.3 is 14.8 Å². The van der Waals surface area contributed by atoms with E-state index in [1.807, 2.05) is 60.7 Å². The number of fused-ring (bicyclic) bond motifs is 3. The molecule has 1 aliphatic carbocycles. The molecule has 5 nitrogen and oxygen atoms in total. The van der Waals surface area contributed by atoms with Crippen LogP contribution in [-0.4, -0.2) is 31.5 Å². The summed E-state index contributed by atoms with van der Waals surface area (Å²) in [4.78, 5) is 26.0. The number of rotatable bonds is 12. The molecule has 0 heterocycles. The van der Waals surface area contributed by atoms with Crippen LogP contribution < -0.4 is 10.1 Å². The normalized spacial score (nSPS) is 12.5. The van der Waals surface area contributed by atoms with Gasteiger partial charge in [-0.3, -0.25) is 4.79 Å². The lowest BCUT2D eigenvalue weighted by Crippen LogP contribution is -2.33. The maximum absolute atomic E-state index is 13.2. The largest absolute Gasteiger partial charge is 0.489 e. The Hall–Kier alpha value is -5.42. The van der Waals surface area contributed by atoms with Crippen LogP contribution in [0.3, 0.4) is 0 Å². The molecule has 0 saturated heterocycles. The molecule has 0 bridgehead atoms. The summed E-state index contributed by atoms with van der Waals surface area (Å²) in [5.41, 5.74) is 10.4. The van der Waals surface area contributed by atoms with Crippen molar-refractivity contribution in [3.63, 3.8) is 0 Å². The molecule has 5 aromatic carbocycles. The van der Waals surface area contributed by atoms with Crippen LogP contribution in [-0.2, 0) is 22.4 Å². The summed E-state index contributed by atoms with van der Waals surface area (Å²) in [7, 11) is 1.37. The predicted molar refractivity (Wildman–Crippen MR) is 184 cm³/mol. The zero-order valence-corrected chi connectivity index (χ0v) is 26.2. The Morgan fingerprint density at radius 2 is 1.52 bits per heavy atom. The van der Waals surface area contributed by atoms with Gasteiger partial charge in [0, 0.05) is 23.2 Å². The van der Waals surface area contributed by atoms with Gasteiger partial charge in [0.1, 0.15) is 18.4 Å². The molecular weight excluding hydrogens is 570 g/mol. The third-order valence-corrected chi connectivity index (χ3v) is 8.45. The highest BCUT2D eigenvalue weighted by molar-refractivity contribution is 6.12. The van der Waals surface area contributed by atoms with Gasteiger partial charge in [-0.25, -0.2) is 4.79 Å². The molecule has 0 aliphatic heterocycles. The highest BCUT2D eigenvalue weighted by Crippen LogP contribution is 2.37. The summed E-state index contributed by atoms with van der Waals surface area (Å²) in [6.45, 7) is 2.64. The maximum atomic E-state index is 13.2. The highest BCUT2D eigenvalue weighted by Gasteiger charge is 2.23. The fraction of sp³-hybridized carbons (Fsp3) is 0.171. The zero-order valence-electron chi connectivity index (χ0n) is 26.2.